The fourth-order valence-electron chi connectivity index (χ4n) is 2.14. The Kier molecular flexibility index (Phi) is 5.80. The Bertz CT molecular complexity index is 775. The lowest BCUT2D eigenvalue weighted by Crippen LogP contribution is -2.28. The van der Waals surface area contributed by atoms with Gasteiger partial charge < -0.3 is 5.32 Å². The largest absolute Gasteiger partial charge is 0.350 e. The van der Waals surface area contributed by atoms with Gasteiger partial charge in [-0.05, 0) is 30.7 Å². The van der Waals surface area contributed by atoms with E-state index in [1.165, 1.54) is 12.1 Å². The maximum Gasteiger partial charge on any atom is 0.221 e. The van der Waals surface area contributed by atoms with Gasteiger partial charge in [-0.1, -0.05) is 48.0 Å². The quantitative estimate of drug-likeness (QED) is 0.867. The van der Waals surface area contributed by atoms with Gasteiger partial charge in [0.05, 0.1) is 16.7 Å². The van der Waals surface area contributed by atoms with Gasteiger partial charge in [0.1, 0.15) is 0 Å². The molecule has 122 valence electrons. The zero-order valence-electron chi connectivity index (χ0n) is 12.7. The van der Waals surface area contributed by atoms with E-state index in [9.17, 15) is 13.2 Å². The monoisotopic (exact) mass is 351 g/mol. The Morgan fingerprint density at radius 3 is 2.48 bits per heavy atom. The standard InChI is InChI=1S/C17H18ClNO3S/c1-13(14-6-3-2-4-7-14)19-17(20)10-11-23(21,22)16-9-5-8-15(18)12-16/h2-9,12-13H,10-11H2,1H3,(H,19,20). The second-order valence-electron chi connectivity index (χ2n) is 5.23. The van der Waals surface area contributed by atoms with E-state index in [2.05, 4.69) is 5.32 Å². The minimum atomic E-state index is -3.52. The van der Waals surface area contributed by atoms with Crippen molar-refractivity contribution in [2.24, 2.45) is 0 Å². The van der Waals surface area contributed by atoms with Gasteiger partial charge in [0.2, 0.25) is 5.91 Å². The van der Waals surface area contributed by atoms with Gasteiger partial charge in [0.25, 0.3) is 0 Å². The maximum absolute atomic E-state index is 12.2. The number of hydrogen-bond acceptors (Lipinski definition) is 3. The third kappa shape index (κ3) is 5.08. The summed E-state index contributed by atoms with van der Waals surface area (Å²) in [6.45, 7) is 1.86. The molecule has 6 heteroatoms. The van der Waals surface area contributed by atoms with Gasteiger partial charge in [0.15, 0.2) is 9.84 Å². The number of sulfone groups is 1. The molecule has 1 N–H and O–H groups in total. The highest BCUT2D eigenvalue weighted by Crippen LogP contribution is 2.17. The summed E-state index contributed by atoms with van der Waals surface area (Å²) in [7, 11) is -3.52. The second kappa shape index (κ2) is 7.62. The van der Waals surface area contributed by atoms with E-state index in [1.807, 2.05) is 37.3 Å². The van der Waals surface area contributed by atoms with Crippen molar-refractivity contribution < 1.29 is 13.2 Å². The predicted octanol–water partition coefficient (Wildman–Crippen LogP) is 3.38. The third-order valence-electron chi connectivity index (χ3n) is 3.43. The lowest BCUT2D eigenvalue weighted by Gasteiger charge is -2.14. The average Bonchev–Trinajstić information content (AvgIpc) is 2.54. The third-order valence-corrected chi connectivity index (χ3v) is 5.38. The number of halogens is 1. The number of carbonyl (C=O) groups excluding carboxylic acids is 1. The molecule has 2 aromatic rings. The summed E-state index contributed by atoms with van der Waals surface area (Å²) in [5.41, 5.74) is 0.971. The summed E-state index contributed by atoms with van der Waals surface area (Å²) in [5.74, 6) is -0.548. The van der Waals surface area contributed by atoms with Crippen molar-refractivity contribution >= 4 is 27.3 Å². The van der Waals surface area contributed by atoms with E-state index in [1.54, 1.807) is 12.1 Å². The number of rotatable bonds is 6. The first-order valence-electron chi connectivity index (χ1n) is 7.21. The predicted molar refractivity (Wildman–Crippen MR) is 91.1 cm³/mol. The van der Waals surface area contributed by atoms with Gasteiger partial charge >= 0.3 is 0 Å². The Labute approximate surface area is 141 Å². The van der Waals surface area contributed by atoms with Crippen LogP contribution >= 0.6 is 11.6 Å². The van der Waals surface area contributed by atoms with Gasteiger partial charge in [0, 0.05) is 11.4 Å². The summed E-state index contributed by atoms with van der Waals surface area (Å²) >= 11 is 5.81. The van der Waals surface area contributed by atoms with Crippen LogP contribution in [-0.4, -0.2) is 20.1 Å². The van der Waals surface area contributed by atoms with Crippen LogP contribution < -0.4 is 5.32 Å². The molecule has 0 saturated heterocycles. The zero-order valence-corrected chi connectivity index (χ0v) is 14.3. The van der Waals surface area contributed by atoms with Crippen molar-refractivity contribution in [2.75, 3.05) is 5.75 Å². The van der Waals surface area contributed by atoms with Gasteiger partial charge in [-0.25, -0.2) is 8.42 Å². The molecule has 0 aliphatic heterocycles. The number of amides is 1. The number of hydrogen-bond donors (Lipinski definition) is 1. The van der Waals surface area contributed by atoms with Crippen LogP contribution in [0.1, 0.15) is 24.9 Å². The summed E-state index contributed by atoms with van der Waals surface area (Å²) in [6, 6.07) is 15.4. The summed E-state index contributed by atoms with van der Waals surface area (Å²) in [4.78, 5) is 12.1. The molecule has 0 heterocycles. The minimum absolute atomic E-state index is 0.0912. The Balaban J connectivity index is 1.94. The molecule has 1 unspecified atom stereocenters. The molecule has 0 bridgehead atoms. The zero-order chi connectivity index (χ0) is 16.9. The van der Waals surface area contributed by atoms with E-state index in [0.717, 1.165) is 5.56 Å². The first-order valence-corrected chi connectivity index (χ1v) is 9.24. The van der Waals surface area contributed by atoms with Crippen LogP contribution in [0.25, 0.3) is 0 Å². The summed E-state index contributed by atoms with van der Waals surface area (Å²) in [5, 5.41) is 3.16. The molecule has 2 aromatic carbocycles. The maximum atomic E-state index is 12.2. The molecule has 0 saturated carbocycles. The lowest BCUT2D eigenvalue weighted by atomic mass is 10.1. The topological polar surface area (TPSA) is 63.2 Å². The molecule has 0 radical (unpaired) electrons. The number of nitrogens with one attached hydrogen (secondary N) is 1. The van der Waals surface area contributed by atoms with Crippen LogP contribution in [0.4, 0.5) is 0 Å². The van der Waals surface area contributed by atoms with Crippen molar-refractivity contribution in [3.63, 3.8) is 0 Å². The van der Waals surface area contributed by atoms with Gasteiger partial charge in [-0.3, -0.25) is 4.79 Å². The average molecular weight is 352 g/mol. The van der Waals surface area contributed by atoms with Crippen molar-refractivity contribution in [3.8, 4) is 0 Å². The molecule has 0 spiro atoms. The highest BCUT2D eigenvalue weighted by molar-refractivity contribution is 7.91. The number of carbonyl (C=O) groups is 1. The molecule has 23 heavy (non-hydrogen) atoms. The first kappa shape index (κ1) is 17.5. The van der Waals surface area contributed by atoms with Crippen LogP contribution in [0, 0.1) is 0 Å². The van der Waals surface area contributed by atoms with E-state index in [0.29, 0.717) is 5.02 Å². The molecular weight excluding hydrogens is 334 g/mol. The lowest BCUT2D eigenvalue weighted by molar-refractivity contribution is -0.121. The SMILES string of the molecule is CC(NC(=O)CCS(=O)(=O)c1cccc(Cl)c1)c1ccccc1. The second-order valence-corrected chi connectivity index (χ2v) is 7.77. The van der Waals surface area contributed by atoms with E-state index < -0.39 is 9.84 Å². The highest BCUT2D eigenvalue weighted by atomic mass is 35.5. The smallest absolute Gasteiger partial charge is 0.221 e. The highest BCUT2D eigenvalue weighted by Gasteiger charge is 2.18. The minimum Gasteiger partial charge on any atom is -0.350 e. The molecule has 0 aliphatic carbocycles. The van der Waals surface area contributed by atoms with Gasteiger partial charge in [-0.2, -0.15) is 0 Å². The molecule has 1 atom stereocenters. The van der Waals surface area contributed by atoms with Crippen molar-refractivity contribution in [3.05, 3.63) is 65.2 Å². The molecule has 4 nitrogen and oxygen atoms in total. The summed E-state index contributed by atoms with van der Waals surface area (Å²) in [6.07, 6.45) is -0.0912. The summed E-state index contributed by atoms with van der Waals surface area (Å²) < 4.78 is 24.4. The Morgan fingerprint density at radius 1 is 1.13 bits per heavy atom. The first-order chi connectivity index (χ1) is 10.9. The molecular formula is C17H18ClNO3S. The normalized spacial score (nSPS) is 12.6. The molecule has 1 amide bonds. The molecule has 2 rings (SSSR count). The van der Waals surface area contributed by atoms with Crippen molar-refractivity contribution in [1.29, 1.82) is 0 Å². The van der Waals surface area contributed by atoms with Crippen molar-refractivity contribution in [1.82, 2.24) is 5.32 Å². The van der Waals surface area contributed by atoms with Gasteiger partial charge in [-0.15, -0.1) is 0 Å². The molecule has 0 aromatic heterocycles. The van der Waals surface area contributed by atoms with E-state index in [4.69, 9.17) is 11.6 Å². The Morgan fingerprint density at radius 2 is 1.83 bits per heavy atom. The van der Waals surface area contributed by atoms with Crippen molar-refractivity contribution in [2.45, 2.75) is 24.3 Å². The van der Waals surface area contributed by atoms with E-state index in [-0.39, 0.29) is 29.0 Å². The van der Waals surface area contributed by atoms with Crippen LogP contribution in [0.15, 0.2) is 59.5 Å². The van der Waals surface area contributed by atoms with Crippen LogP contribution in [0.2, 0.25) is 5.02 Å². The van der Waals surface area contributed by atoms with Crippen LogP contribution in [0.5, 0.6) is 0 Å². The Hall–Kier alpha value is -1.85. The molecule has 0 fully saturated rings. The molecule has 0 aliphatic rings. The fourth-order valence-corrected chi connectivity index (χ4v) is 3.68. The van der Waals surface area contributed by atoms with Crippen LogP contribution in [0.3, 0.4) is 0 Å². The van der Waals surface area contributed by atoms with E-state index >= 15 is 0 Å². The van der Waals surface area contributed by atoms with Crippen LogP contribution in [-0.2, 0) is 14.6 Å². The fraction of sp³-hybridized carbons (Fsp3) is 0.235. The number of benzene rings is 2.